The van der Waals surface area contributed by atoms with Gasteiger partial charge in [0.2, 0.25) is 0 Å². The molecule has 0 aliphatic carbocycles. The van der Waals surface area contributed by atoms with Crippen LogP contribution in [0.5, 0.6) is 5.75 Å². The lowest BCUT2D eigenvalue weighted by Gasteiger charge is -2.07. The van der Waals surface area contributed by atoms with Crippen molar-refractivity contribution in [2.45, 2.75) is 0 Å². The van der Waals surface area contributed by atoms with E-state index < -0.39 is 11.9 Å². The van der Waals surface area contributed by atoms with Gasteiger partial charge in [0.25, 0.3) is 5.91 Å². The maximum Gasteiger partial charge on any atom is 0.344 e. The zero-order valence-corrected chi connectivity index (χ0v) is 15.9. The lowest BCUT2D eigenvalue weighted by atomic mass is 10.0. The average Bonchev–Trinajstić information content (AvgIpc) is 2.80. The number of carbonyl (C=O) groups excluding carboxylic acids is 2. The van der Waals surface area contributed by atoms with Crippen LogP contribution in [0.25, 0.3) is 10.8 Å². The SMILES string of the molecule is O=C(NN=Cc1ccc(OC(=O)c2cccc3ccccc23)cc1)c1ccccn1. The molecule has 6 heteroatoms. The van der Waals surface area contributed by atoms with Crippen molar-refractivity contribution in [1.29, 1.82) is 0 Å². The lowest BCUT2D eigenvalue weighted by Crippen LogP contribution is -2.18. The van der Waals surface area contributed by atoms with Gasteiger partial charge in [-0.2, -0.15) is 5.10 Å². The van der Waals surface area contributed by atoms with E-state index in [4.69, 9.17) is 4.74 Å². The number of pyridine rings is 1. The average molecular weight is 395 g/mol. The van der Waals surface area contributed by atoms with Gasteiger partial charge in [-0.1, -0.05) is 42.5 Å². The molecule has 0 bridgehead atoms. The molecule has 0 aliphatic rings. The molecule has 0 unspecified atom stereocenters. The van der Waals surface area contributed by atoms with Crippen molar-refractivity contribution in [2.75, 3.05) is 0 Å². The Kier molecular flexibility index (Phi) is 5.57. The van der Waals surface area contributed by atoms with Crippen molar-refractivity contribution in [3.63, 3.8) is 0 Å². The molecule has 1 heterocycles. The van der Waals surface area contributed by atoms with E-state index in [0.717, 1.165) is 16.3 Å². The Balaban J connectivity index is 1.40. The first-order valence-electron chi connectivity index (χ1n) is 9.25. The number of hydrogen-bond acceptors (Lipinski definition) is 5. The van der Waals surface area contributed by atoms with Gasteiger partial charge < -0.3 is 4.74 Å². The molecule has 0 saturated heterocycles. The summed E-state index contributed by atoms with van der Waals surface area (Å²) in [5.41, 5.74) is 3.95. The molecule has 0 saturated carbocycles. The number of nitrogens with one attached hydrogen (secondary N) is 1. The zero-order chi connectivity index (χ0) is 20.8. The Labute approximate surface area is 172 Å². The van der Waals surface area contributed by atoms with Gasteiger partial charge in [-0.3, -0.25) is 9.78 Å². The topological polar surface area (TPSA) is 80.6 Å². The lowest BCUT2D eigenvalue weighted by molar-refractivity contribution is 0.0736. The molecule has 1 amide bonds. The third-order valence-electron chi connectivity index (χ3n) is 4.38. The fraction of sp³-hybridized carbons (Fsp3) is 0. The molecule has 0 fully saturated rings. The number of hydrazone groups is 1. The summed E-state index contributed by atoms with van der Waals surface area (Å²) < 4.78 is 5.50. The van der Waals surface area contributed by atoms with Gasteiger partial charge in [0, 0.05) is 6.20 Å². The number of hydrogen-bond donors (Lipinski definition) is 1. The number of rotatable bonds is 5. The molecular weight excluding hydrogens is 378 g/mol. The van der Waals surface area contributed by atoms with Crippen LogP contribution >= 0.6 is 0 Å². The van der Waals surface area contributed by atoms with Crippen LogP contribution in [0.2, 0.25) is 0 Å². The summed E-state index contributed by atoms with van der Waals surface area (Å²) in [6, 6.07) is 25.1. The van der Waals surface area contributed by atoms with Crippen LogP contribution in [-0.2, 0) is 0 Å². The summed E-state index contributed by atoms with van der Waals surface area (Å²) >= 11 is 0. The van der Waals surface area contributed by atoms with Gasteiger partial charge in [0.15, 0.2) is 0 Å². The first-order valence-corrected chi connectivity index (χ1v) is 9.25. The summed E-state index contributed by atoms with van der Waals surface area (Å²) in [7, 11) is 0. The number of fused-ring (bicyclic) bond motifs is 1. The minimum absolute atomic E-state index is 0.283. The second-order valence-corrected chi connectivity index (χ2v) is 6.40. The van der Waals surface area contributed by atoms with Gasteiger partial charge in [-0.05, 0) is 58.8 Å². The Hall–Kier alpha value is -4.32. The molecule has 0 atom stereocenters. The number of amides is 1. The predicted octanol–water partition coefficient (Wildman–Crippen LogP) is 4.22. The van der Waals surface area contributed by atoms with Crippen LogP contribution in [0.3, 0.4) is 0 Å². The van der Waals surface area contributed by atoms with E-state index in [2.05, 4.69) is 15.5 Å². The van der Waals surface area contributed by atoms with Crippen LogP contribution in [0.15, 0.2) is 96.2 Å². The maximum atomic E-state index is 12.6. The fourth-order valence-electron chi connectivity index (χ4n) is 2.91. The number of nitrogens with zero attached hydrogens (tertiary/aromatic N) is 2. The highest BCUT2D eigenvalue weighted by atomic mass is 16.5. The van der Waals surface area contributed by atoms with Crippen LogP contribution in [0, 0.1) is 0 Å². The Bertz CT molecular complexity index is 1210. The number of ether oxygens (including phenoxy) is 1. The Morgan fingerprint density at radius 3 is 2.43 bits per heavy atom. The maximum absolute atomic E-state index is 12.6. The highest BCUT2D eigenvalue weighted by Gasteiger charge is 2.12. The summed E-state index contributed by atoms with van der Waals surface area (Å²) in [6.45, 7) is 0. The van der Waals surface area contributed by atoms with Crippen molar-refractivity contribution < 1.29 is 14.3 Å². The third kappa shape index (κ3) is 4.39. The molecule has 0 aliphatic heterocycles. The first-order chi connectivity index (χ1) is 14.7. The van der Waals surface area contributed by atoms with Crippen molar-refractivity contribution in [3.05, 3.63) is 108 Å². The molecule has 146 valence electrons. The summed E-state index contributed by atoms with van der Waals surface area (Å²) in [5.74, 6) is -0.397. The minimum Gasteiger partial charge on any atom is -0.423 e. The van der Waals surface area contributed by atoms with Crippen molar-refractivity contribution >= 4 is 28.9 Å². The van der Waals surface area contributed by atoms with E-state index in [1.807, 2.05) is 36.4 Å². The Morgan fingerprint density at radius 1 is 0.867 bits per heavy atom. The standard InChI is InChI=1S/C24H17N3O3/c28-23(22-10-3-4-15-25-22)27-26-16-17-11-13-19(14-12-17)30-24(29)21-9-5-7-18-6-1-2-8-20(18)21/h1-16H,(H,27,28). The minimum atomic E-state index is -0.421. The molecule has 0 spiro atoms. The largest absolute Gasteiger partial charge is 0.423 e. The number of benzene rings is 3. The van der Waals surface area contributed by atoms with Crippen molar-refractivity contribution in [2.24, 2.45) is 5.10 Å². The van der Waals surface area contributed by atoms with Crippen LogP contribution in [0.4, 0.5) is 0 Å². The smallest absolute Gasteiger partial charge is 0.344 e. The molecular formula is C24H17N3O3. The Morgan fingerprint density at radius 2 is 1.63 bits per heavy atom. The molecule has 0 radical (unpaired) electrons. The van der Waals surface area contributed by atoms with E-state index in [9.17, 15) is 9.59 Å². The molecule has 4 rings (SSSR count). The number of aromatic nitrogens is 1. The van der Waals surface area contributed by atoms with Gasteiger partial charge >= 0.3 is 5.97 Å². The zero-order valence-electron chi connectivity index (χ0n) is 15.9. The van der Waals surface area contributed by atoms with E-state index in [1.54, 1.807) is 48.5 Å². The highest BCUT2D eigenvalue weighted by Crippen LogP contribution is 2.21. The molecule has 4 aromatic rings. The summed E-state index contributed by atoms with van der Waals surface area (Å²) in [5, 5.41) is 5.74. The molecule has 1 N–H and O–H groups in total. The van der Waals surface area contributed by atoms with E-state index >= 15 is 0 Å². The predicted molar refractivity (Wildman–Crippen MR) is 115 cm³/mol. The fourth-order valence-corrected chi connectivity index (χ4v) is 2.91. The van der Waals surface area contributed by atoms with Gasteiger partial charge in [0.05, 0.1) is 11.8 Å². The summed E-state index contributed by atoms with van der Waals surface area (Å²) in [4.78, 5) is 28.4. The van der Waals surface area contributed by atoms with Gasteiger partial charge in [-0.15, -0.1) is 0 Å². The van der Waals surface area contributed by atoms with Crippen LogP contribution < -0.4 is 10.2 Å². The van der Waals surface area contributed by atoms with E-state index in [0.29, 0.717) is 11.3 Å². The molecule has 3 aromatic carbocycles. The van der Waals surface area contributed by atoms with Crippen LogP contribution in [-0.4, -0.2) is 23.1 Å². The normalized spacial score (nSPS) is 10.8. The van der Waals surface area contributed by atoms with Gasteiger partial charge in [0.1, 0.15) is 11.4 Å². The highest BCUT2D eigenvalue weighted by molar-refractivity contribution is 6.05. The molecule has 30 heavy (non-hydrogen) atoms. The second-order valence-electron chi connectivity index (χ2n) is 6.40. The van der Waals surface area contributed by atoms with Crippen LogP contribution in [0.1, 0.15) is 26.4 Å². The molecule has 1 aromatic heterocycles. The second kappa shape index (κ2) is 8.79. The number of carbonyl (C=O) groups is 2. The first kappa shape index (κ1) is 19.0. The van der Waals surface area contributed by atoms with E-state index in [-0.39, 0.29) is 5.69 Å². The quantitative estimate of drug-likeness (QED) is 0.237. The van der Waals surface area contributed by atoms with E-state index in [1.165, 1.54) is 12.4 Å². The third-order valence-corrected chi connectivity index (χ3v) is 4.38. The summed E-state index contributed by atoms with van der Waals surface area (Å²) in [6.07, 6.45) is 3.04. The molecule has 6 nitrogen and oxygen atoms in total. The number of esters is 1. The monoisotopic (exact) mass is 395 g/mol. The van der Waals surface area contributed by atoms with Crippen molar-refractivity contribution in [3.8, 4) is 5.75 Å². The van der Waals surface area contributed by atoms with Gasteiger partial charge in [-0.25, -0.2) is 10.2 Å². The van der Waals surface area contributed by atoms with Crippen molar-refractivity contribution in [1.82, 2.24) is 10.4 Å².